The molecule has 6 heteroatoms. The van der Waals surface area contributed by atoms with Crippen LogP contribution in [0.25, 0.3) is 5.69 Å². The van der Waals surface area contributed by atoms with E-state index in [1.54, 1.807) is 29.1 Å². The predicted octanol–water partition coefficient (Wildman–Crippen LogP) is 3.09. The van der Waals surface area contributed by atoms with Gasteiger partial charge in [0.1, 0.15) is 11.4 Å². The molecule has 1 aromatic heterocycles. The molecule has 0 amide bonds. The van der Waals surface area contributed by atoms with Gasteiger partial charge >= 0.3 is 5.69 Å². The van der Waals surface area contributed by atoms with E-state index in [2.05, 4.69) is 10.4 Å². The summed E-state index contributed by atoms with van der Waals surface area (Å²) in [5, 5.41) is 18.9. The van der Waals surface area contributed by atoms with Crippen LogP contribution in [0.15, 0.2) is 30.5 Å². The average Bonchev–Trinajstić information content (AvgIpc) is 3.16. The van der Waals surface area contributed by atoms with Gasteiger partial charge in [0.25, 0.3) is 0 Å². The van der Waals surface area contributed by atoms with E-state index in [-0.39, 0.29) is 10.6 Å². The summed E-state index contributed by atoms with van der Waals surface area (Å²) in [6, 6.07) is 7.19. The van der Waals surface area contributed by atoms with Crippen molar-refractivity contribution in [3.05, 3.63) is 46.3 Å². The maximum atomic E-state index is 11.4. The predicted molar refractivity (Wildman–Crippen MR) is 76.4 cm³/mol. The molecule has 104 valence electrons. The van der Waals surface area contributed by atoms with E-state index in [0.717, 1.165) is 18.5 Å². The zero-order valence-electron chi connectivity index (χ0n) is 11.2. The van der Waals surface area contributed by atoms with Crippen LogP contribution >= 0.6 is 0 Å². The molecule has 1 heterocycles. The number of nitro groups is 1. The lowest BCUT2D eigenvalue weighted by Gasteiger charge is -2.08. The van der Waals surface area contributed by atoms with Crippen LogP contribution < -0.4 is 5.32 Å². The number of aromatic nitrogens is 2. The second-order valence-corrected chi connectivity index (χ2v) is 4.92. The van der Waals surface area contributed by atoms with E-state index >= 15 is 0 Å². The van der Waals surface area contributed by atoms with Gasteiger partial charge in [-0.05, 0) is 38.0 Å². The fourth-order valence-electron chi connectivity index (χ4n) is 2.31. The van der Waals surface area contributed by atoms with Gasteiger partial charge in [-0.3, -0.25) is 10.1 Å². The topological polar surface area (TPSA) is 73.0 Å². The Morgan fingerprint density at radius 3 is 2.90 bits per heavy atom. The highest BCUT2D eigenvalue weighted by atomic mass is 16.6. The smallest absolute Gasteiger partial charge is 0.317 e. The second kappa shape index (κ2) is 4.96. The summed E-state index contributed by atoms with van der Waals surface area (Å²) in [4.78, 5) is 11.0. The molecular formula is C14H16N4O2. The molecule has 1 aliphatic carbocycles. The van der Waals surface area contributed by atoms with Crippen LogP contribution in [0.4, 0.5) is 11.4 Å². The van der Waals surface area contributed by atoms with Gasteiger partial charge in [-0.1, -0.05) is 6.07 Å². The van der Waals surface area contributed by atoms with Crippen molar-refractivity contribution >= 4 is 11.4 Å². The Kier molecular flexibility index (Phi) is 3.14. The number of rotatable bonds is 5. The Hall–Kier alpha value is -2.37. The standard InChI is InChI=1S/C14H16N4O2/c1-2-15-12-4-3-5-13(14(12)18(19)20)17-9-8-11(16-17)10-6-7-10/h3-5,8-10,15H,2,6-7H2,1H3. The van der Waals surface area contributed by atoms with Crippen LogP contribution in [-0.2, 0) is 0 Å². The monoisotopic (exact) mass is 272 g/mol. The summed E-state index contributed by atoms with van der Waals surface area (Å²) in [7, 11) is 0. The minimum Gasteiger partial charge on any atom is -0.380 e. The molecule has 1 N–H and O–H groups in total. The molecule has 1 aliphatic rings. The molecule has 3 rings (SSSR count). The second-order valence-electron chi connectivity index (χ2n) is 4.92. The van der Waals surface area contributed by atoms with Gasteiger partial charge in [-0.15, -0.1) is 0 Å². The molecule has 0 bridgehead atoms. The van der Waals surface area contributed by atoms with Crippen LogP contribution in [-0.4, -0.2) is 21.2 Å². The SMILES string of the molecule is CCNc1cccc(-n2ccc(C3CC3)n2)c1[N+](=O)[O-]. The Balaban J connectivity index is 2.06. The summed E-state index contributed by atoms with van der Waals surface area (Å²) in [6.07, 6.45) is 4.12. The molecule has 20 heavy (non-hydrogen) atoms. The molecule has 1 aromatic carbocycles. The largest absolute Gasteiger partial charge is 0.380 e. The zero-order valence-corrected chi connectivity index (χ0v) is 11.2. The van der Waals surface area contributed by atoms with Gasteiger partial charge in [-0.2, -0.15) is 5.10 Å². The molecule has 0 aliphatic heterocycles. The lowest BCUT2D eigenvalue weighted by molar-refractivity contribution is -0.383. The van der Waals surface area contributed by atoms with Crippen LogP contribution in [0.3, 0.4) is 0 Å². The molecule has 0 spiro atoms. The van der Waals surface area contributed by atoms with Crippen LogP contribution in [0.1, 0.15) is 31.4 Å². The Bertz CT molecular complexity index is 646. The molecule has 0 unspecified atom stereocenters. The maximum absolute atomic E-state index is 11.4. The molecule has 0 saturated heterocycles. The van der Waals surface area contributed by atoms with Gasteiger partial charge in [0.05, 0.1) is 10.6 Å². The van der Waals surface area contributed by atoms with E-state index in [1.807, 2.05) is 13.0 Å². The van der Waals surface area contributed by atoms with Crippen LogP contribution in [0.2, 0.25) is 0 Å². The summed E-state index contributed by atoms with van der Waals surface area (Å²) < 4.78 is 1.60. The normalized spacial score (nSPS) is 14.2. The lowest BCUT2D eigenvalue weighted by atomic mass is 10.2. The minimum atomic E-state index is -0.355. The highest BCUT2D eigenvalue weighted by Crippen LogP contribution is 2.39. The van der Waals surface area contributed by atoms with Crippen molar-refractivity contribution < 1.29 is 4.92 Å². The van der Waals surface area contributed by atoms with Gasteiger partial charge in [0.2, 0.25) is 0 Å². The van der Waals surface area contributed by atoms with Crippen molar-refractivity contribution in [2.75, 3.05) is 11.9 Å². The van der Waals surface area contributed by atoms with E-state index in [9.17, 15) is 10.1 Å². The number of benzene rings is 1. The first-order valence-electron chi connectivity index (χ1n) is 6.78. The van der Waals surface area contributed by atoms with Crippen molar-refractivity contribution in [2.45, 2.75) is 25.7 Å². The first-order valence-corrected chi connectivity index (χ1v) is 6.78. The minimum absolute atomic E-state index is 0.0693. The number of hydrogen-bond acceptors (Lipinski definition) is 4. The fraction of sp³-hybridized carbons (Fsp3) is 0.357. The number of nitrogens with zero attached hydrogens (tertiary/aromatic N) is 3. The highest BCUT2D eigenvalue weighted by Gasteiger charge is 2.27. The van der Waals surface area contributed by atoms with E-state index < -0.39 is 0 Å². The van der Waals surface area contributed by atoms with Crippen molar-refractivity contribution in [1.82, 2.24) is 9.78 Å². The number of para-hydroxylation sites is 1. The average molecular weight is 272 g/mol. The summed E-state index contributed by atoms with van der Waals surface area (Å²) in [5.74, 6) is 0.534. The van der Waals surface area contributed by atoms with Crippen LogP contribution in [0, 0.1) is 10.1 Å². The molecule has 0 radical (unpaired) electrons. The third-order valence-corrected chi connectivity index (χ3v) is 3.42. The number of nitrogens with one attached hydrogen (secondary N) is 1. The van der Waals surface area contributed by atoms with Gasteiger partial charge in [0, 0.05) is 18.7 Å². The quantitative estimate of drug-likeness (QED) is 0.670. The number of hydrogen-bond donors (Lipinski definition) is 1. The third kappa shape index (κ3) is 2.24. The van der Waals surface area contributed by atoms with Gasteiger partial charge < -0.3 is 5.32 Å². The first kappa shape index (κ1) is 12.7. The molecule has 2 aromatic rings. The third-order valence-electron chi connectivity index (χ3n) is 3.42. The summed E-state index contributed by atoms with van der Waals surface area (Å²) in [6.45, 7) is 2.55. The Morgan fingerprint density at radius 1 is 1.45 bits per heavy atom. The van der Waals surface area contributed by atoms with E-state index in [4.69, 9.17) is 0 Å². The van der Waals surface area contributed by atoms with Gasteiger partial charge in [0.15, 0.2) is 0 Å². The maximum Gasteiger partial charge on any atom is 0.317 e. The van der Waals surface area contributed by atoms with Crippen LogP contribution in [0.5, 0.6) is 0 Å². The van der Waals surface area contributed by atoms with E-state index in [1.165, 1.54) is 0 Å². The zero-order chi connectivity index (χ0) is 14.1. The van der Waals surface area contributed by atoms with E-state index in [0.29, 0.717) is 23.8 Å². The van der Waals surface area contributed by atoms with Gasteiger partial charge in [-0.25, -0.2) is 4.68 Å². The number of anilines is 1. The first-order chi connectivity index (χ1) is 9.70. The Morgan fingerprint density at radius 2 is 2.25 bits per heavy atom. The fourth-order valence-corrected chi connectivity index (χ4v) is 2.31. The van der Waals surface area contributed by atoms with Crippen molar-refractivity contribution in [2.24, 2.45) is 0 Å². The summed E-state index contributed by atoms with van der Waals surface area (Å²) in [5.41, 5.74) is 2.12. The molecule has 0 atom stereocenters. The molecule has 1 fully saturated rings. The van der Waals surface area contributed by atoms with Crippen molar-refractivity contribution in [1.29, 1.82) is 0 Å². The van der Waals surface area contributed by atoms with Crippen molar-refractivity contribution in [3.8, 4) is 5.69 Å². The number of nitro benzene ring substituents is 1. The Labute approximate surface area is 116 Å². The highest BCUT2D eigenvalue weighted by molar-refractivity contribution is 5.70. The van der Waals surface area contributed by atoms with Crippen molar-refractivity contribution in [3.63, 3.8) is 0 Å². The lowest BCUT2D eigenvalue weighted by Crippen LogP contribution is -2.06. The molecule has 6 nitrogen and oxygen atoms in total. The molecular weight excluding hydrogens is 256 g/mol. The molecule has 1 saturated carbocycles. The summed E-state index contributed by atoms with van der Waals surface area (Å²) >= 11 is 0.